The molecular weight excluding hydrogens is 296 g/mol. The van der Waals surface area contributed by atoms with E-state index < -0.39 is 6.10 Å². The van der Waals surface area contributed by atoms with Gasteiger partial charge in [-0.2, -0.15) is 0 Å². The van der Waals surface area contributed by atoms with Gasteiger partial charge in [0.05, 0.1) is 26.4 Å². The number of nitrogens with one attached hydrogen (secondary N) is 1. The van der Waals surface area contributed by atoms with Gasteiger partial charge < -0.3 is 19.9 Å². The summed E-state index contributed by atoms with van der Waals surface area (Å²) in [6.45, 7) is 2.64. The fourth-order valence-electron chi connectivity index (χ4n) is 2.93. The minimum absolute atomic E-state index is 0.0304. The predicted molar refractivity (Wildman–Crippen MR) is 87.7 cm³/mol. The summed E-state index contributed by atoms with van der Waals surface area (Å²) in [4.78, 5) is 13.8. The van der Waals surface area contributed by atoms with E-state index in [-0.39, 0.29) is 11.8 Å². The molecule has 1 saturated heterocycles. The molecule has 23 heavy (non-hydrogen) atoms. The first-order valence-electron chi connectivity index (χ1n) is 7.94. The van der Waals surface area contributed by atoms with Crippen molar-refractivity contribution in [2.75, 3.05) is 47.0 Å². The third-order valence-corrected chi connectivity index (χ3v) is 4.21. The second kappa shape index (κ2) is 8.86. The molecule has 1 fully saturated rings. The van der Waals surface area contributed by atoms with Crippen LogP contribution in [0.1, 0.15) is 17.9 Å². The monoisotopic (exact) mass is 322 g/mol. The van der Waals surface area contributed by atoms with Gasteiger partial charge in [-0.25, -0.2) is 0 Å². The standard InChI is InChI=1S/C17H26N2O4/c1-22-10-8-18-17(21)12-19-9-7-15(16(20)11-19)13-3-5-14(23-2)6-4-13/h3-6,15-16,20H,7-12H2,1-2H3,(H,18,21)/t15-,16+/m0/s1. The molecule has 6 nitrogen and oxygen atoms in total. The molecule has 1 aliphatic rings. The minimum Gasteiger partial charge on any atom is -0.497 e. The van der Waals surface area contributed by atoms with Crippen LogP contribution in [-0.2, 0) is 9.53 Å². The lowest BCUT2D eigenvalue weighted by molar-refractivity contribution is -0.123. The van der Waals surface area contributed by atoms with Crippen molar-refractivity contribution in [3.05, 3.63) is 29.8 Å². The van der Waals surface area contributed by atoms with Gasteiger partial charge in [-0.1, -0.05) is 12.1 Å². The summed E-state index contributed by atoms with van der Waals surface area (Å²) < 4.78 is 10.1. The summed E-state index contributed by atoms with van der Waals surface area (Å²) in [6.07, 6.45) is 0.364. The fraction of sp³-hybridized carbons (Fsp3) is 0.588. The highest BCUT2D eigenvalue weighted by molar-refractivity contribution is 5.78. The fourth-order valence-corrected chi connectivity index (χ4v) is 2.93. The molecule has 1 heterocycles. The van der Waals surface area contributed by atoms with Gasteiger partial charge in [0, 0.05) is 26.1 Å². The number of β-amino-alcohol motifs (C(OH)–C–C–N with tert-alkyl or cyclic N) is 1. The third kappa shape index (κ3) is 5.20. The van der Waals surface area contributed by atoms with E-state index >= 15 is 0 Å². The molecule has 0 unspecified atom stereocenters. The van der Waals surface area contributed by atoms with E-state index in [1.165, 1.54) is 0 Å². The topological polar surface area (TPSA) is 71.0 Å². The number of aliphatic hydroxyl groups excluding tert-OH is 1. The molecule has 2 atom stereocenters. The zero-order valence-electron chi connectivity index (χ0n) is 13.8. The highest BCUT2D eigenvalue weighted by atomic mass is 16.5. The van der Waals surface area contributed by atoms with E-state index in [1.54, 1.807) is 14.2 Å². The van der Waals surface area contributed by atoms with Crippen LogP contribution in [0.25, 0.3) is 0 Å². The molecule has 2 N–H and O–H groups in total. The van der Waals surface area contributed by atoms with Crippen molar-refractivity contribution in [2.24, 2.45) is 0 Å². The van der Waals surface area contributed by atoms with Crippen molar-refractivity contribution in [3.63, 3.8) is 0 Å². The zero-order chi connectivity index (χ0) is 16.7. The molecule has 1 amide bonds. The van der Waals surface area contributed by atoms with Crippen molar-refractivity contribution in [2.45, 2.75) is 18.4 Å². The van der Waals surface area contributed by atoms with Crippen LogP contribution in [0.3, 0.4) is 0 Å². The number of methoxy groups -OCH3 is 2. The summed E-state index contributed by atoms with van der Waals surface area (Å²) in [5, 5.41) is 13.2. The minimum atomic E-state index is -0.469. The van der Waals surface area contributed by atoms with Crippen molar-refractivity contribution in [3.8, 4) is 5.75 Å². The van der Waals surface area contributed by atoms with Crippen molar-refractivity contribution >= 4 is 5.91 Å². The van der Waals surface area contributed by atoms with Gasteiger partial charge in [-0.15, -0.1) is 0 Å². The molecule has 0 aromatic heterocycles. The summed E-state index contributed by atoms with van der Waals surface area (Å²) in [6, 6.07) is 7.83. The number of hydrogen-bond donors (Lipinski definition) is 2. The lowest BCUT2D eigenvalue weighted by atomic mass is 9.87. The van der Waals surface area contributed by atoms with Crippen LogP contribution >= 0.6 is 0 Å². The Hall–Kier alpha value is -1.63. The number of piperidine rings is 1. The molecule has 1 aromatic carbocycles. The van der Waals surface area contributed by atoms with E-state index in [2.05, 4.69) is 5.32 Å². The lowest BCUT2D eigenvalue weighted by Gasteiger charge is -2.35. The Morgan fingerprint density at radius 2 is 2.09 bits per heavy atom. The summed E-state index contributed by atoms with van der Waals surface area (Å²) in [5.74, 6) is 0.888. The number of nitrogens with zero attached hydrogens (tertiary/aromatic N) is 1. The van der Waals surface area contributed by atoms with E-state index in [1.807, 2.05) is 29.2 Å². The van der Waals surface area contributed by atoms with Crippen molar-refractivity contribution in [1.29, 1.82) is 0 Å². The molecule has 0 radical (unpaired) electrons. The maximum absolute atomic E-state index is 11.8. The Bertz CT molecular complexity index is 492. The van der Waals surface area contributed by atoms with Gasteiger partial charge in [0.25, 0.3) is 0 Å². The second-order valence-electron chi connectivity index (χ2n) is 5.81. The van der Waals surface area contributed by atoms with Crippen molar-refractivity contribution in [1.82, 2.24) is 10.2 Å². The predicted octanol–water partition coefficient (Wildman–Crippen LogP) is 0.608. The van der Waals surface area contributed by atoms with Gasteiger partial charge in [-0.05, 0) is 30.7 Å². The maximum atomic E-state index is 11.8. The first-order chi connectivity index (χ1) is 11.1. The number of hydrogen-bond acceptors (Lipinski definition) is 5. The summed E-state index contributed by atoms with van der Waals surface area (Å²) >= 11 is 0. The van der Waals surface area contributed by atoms with Crippen LogP contribution in [0.5, 0.6) is 5.75 Å². The average molecular weight is 322 g/mol. The van der Waals surface area contributed by atoms with Gasteiger partial charge in [0.15, 0.2) is 0 Å². The normalized spacial score (nSPS) is 21.9. The van der Waals surface area contributed by atoms with E-state index in [9.17, 15) is 9.90 Å². The lowest BCUT2D eigenvalue weighted by Crippen LogP contribution is -2.47. The Morgan fingerprint density at radius 3 is 2.70 bits per heavy atom. The highest BCUT2D eigenvalue weighted by Gasteiger charge is 2.29. The van der Waals surface area contributed by atoms with Crippen LogP contribution < -0.4 is 10.1 Å². The molecule has 0 saturated carbocycles. The number of carbonyl (C=O) groups is 1. The zero-order valence-corrected chi connectivity index (χ0v) is 13.8. The van der Waals surface area contributed by atoms with Crippen LogP contribution in [-0.4, -0.2) is 69.0 Å². The molecule has 1 aliphatic heterocycles. The number of benzene rings is 1. The number of aliphatic hydroxyl groups is 1. The second-order valence-corrected chi connectivity index (χ2v) is 5.81. The summed E-state index contributed by atoms with van der Waals surface area (Å²) in [7, 11) is 3.24. The molecule has 6 heteroatoms. The maximum Gasteiger partial charge on any atom is 0.234 e. The summed E-state index contributed by atoms with van der Waals surface area (Å²) in [5.41, 5.74) is 1.11. The number of carbonyl (C=O) groups excluding carboxylic acids is 1. The molecule has 0 aliphatic carbocycles. The highest BCUT2D eigenvalue weighted by Crippen LogP contribution is 2.29. The van der Waals surface area contributed by atoms with E-state index in [4.69, 9.17) is 9.47 Å². The van der Waals surface area contributed by atoms with Crippen LogP contribution in [0.15, 0.2) is 24.3 Å². The average Bonchev–Trinajstić information content (AvgIpc) is 2.55. The third-order valence-electron chi connectivity index (χ3n) is 4.21. The van der Waals surface area contributed by atoms with E-state index in [0.717, 1.165) is 24.3 Å². The molecule has 0 spiro atoms. The van der Waals surface area contributed by atoms with Gasteiger partial charge in [0.1, 0.15) is 5.75 Å². The smallest absolute Gasteiger partial charge is 0.234 e. The van der Waals surface area contributed by atoms with Gasteiger partial charge >= 0.3 is 0 Å². The SMILES string of the molecule is COCCNC(=O)CN1CC[C@@H](c2ccc(OC)cc2)[C@H](O)C1. The molecule has 2 rings (SSSR count). The number of amides is 1. The molecule has 128 valence electrons. The van der Waals surface area contributed by atoms with Crippen LogP contribution in [0.2, 0.25) is 0 Å². The van der Waals surface area contributed by atoms with Gasteiger partial charge in [0.2, 0.25) is 5.91 Å². The largest absolute Gasteiger partial charge is 0.497 e. The van der Waals surface area contributed by atoms with Crippen molar-refractivity contribution < 1.29 is 19.4 Å². The first-order valence-corrected chi connectivity index (χ1v) is 7.94. The Balaban J connectivity index is 1.83. The van der Waals surface area contributed by atoms with Crippen LogP contribution in [0.4, 0.5) is 0 Å². The Labute approximate surface area is 137 Å². The number of rotatable bonds is 7. The van der Waals surface area contributed by atoms with Gasteiger partial charge in [-0.3, -0.25) is 9.69 Å². The molecular formula is C17H26N2O4. The Kier molecular flexibility index (Phi) is 6.83. The molecule has 1 aromatic rings. The van der Waals surface area contributed by atoms with Crippen LogP contribution in [0, 0.1) is 0 Å². The Morgan fingerprint density at radius 1 is 1.35 bits per heavy atom. The number of likely N-dealkylation sites (tertiary alicyclic amines) is 1. The van der Waals surface area contributed by atoms with E-state index in [0.29, 0.717) is 26.2 Å². The first kappa shape index (κ1) is 17.7. The molecule has 0 bridgehead atoms. The number of ether oxygens (including phenoxy) is 2. The quantitative estimate of drug-likeness (QED) is 0.720.